The predicted molar refractivity (Wildman–Crippen MR) is 42.3 cm³/mol. The second-order valence-corrected chi connectivity index (χ2v) is 3.04. The molecule has 0 rings (SSSR count). The van der Waals surface area contributed by atoms with Crippen molar-refractivity contribution in [3.8, 4) is 0 Å². The molecule has 1 atom stereocenters. The lowest BCUT2D eigenvalue weighted by atomic mass is 10.2. The SMILES string of the molecule is CC(C)CNC(C)CN=N. The zero-order valence-corrected chi connectivity index (χ0v) is 7.02. The van der Waals surface area contributed by atoms with Gasteiger partial charge in [-0.2, -0.15) is 5.11 Å². The van der Waals surface area contributed by atoms with Crippen LogP contribution in [0.3, 0.4) is 0 Å². The Labute approximate surface area is 62.7 Å². The van der Waals surface area contributed by atoms with E-state index in [2.05, 4.69) is 24.3 Å². The average Bonchev–Trinajstić information content (AvgIpc) is 1.85. The van der Waals surface area contributed by atoms with Crippen LogP contribution in [0.25, 0.3) is 0 Å². The average molecular weight is 143 g/mol. The number of nitrogens with zero attached hydrogens (tertiary/aromatic N) is 1. The minimum Gasteiger partial charge on any atom is -0.312 e. The van der Waals surface area contributed by atoms with Crippen molar-refractivity contribution in [2.75, 3.05) is 13.1 Å². The number of hydrogen-bond donors (Lipinski definition) is 2. The van der Waals surface area contributed by atoms with Crippen molar-refractivity contribution < 1.29 is 0 Å². The molecular formula is C7H17N3. The van der Waals surface area contributed by atoms with Gasteiger partial charge in [0.2, 0.25) is 0 Å². The Morgan fingerprint density at radius 3 is 2.40 bits per heavy atom. The highest BCUT2D eigenvalue weighted by Crippen LogP contribution is 1.89. The van der Waals surface area contributed by atoms with E-state index in [4.69, 9.17) is 5.53 Å². The Bertz CT molecular complexity index is 90.9. The highest BCUT2D eigenvalue weighted by Gasteiger charge is 1.99. The maximum Gasteiger partial charge on any atom is 0.0746 e. The highest BCUT2D eigenvalue weighted by atomic mass is 15.0. The van der Waals surface area contributed by atoms with Crippen molar-refractivity contribution in [1.29, 1.82) is 5.53 Å². The largest absolute Gasteiger partial charge is 0.312 e. The summed E-state index contributed by atoms with van der Waals surface area (Å²) >= 11 is 0. The Balaban J connectivity index is 3.20. The zero-order valence-electron chi connectivity index (χ0n) is 7.02. The smallest absolute Gasteiger partial charge is 0.0746 e. The molecule has 0 aromatic carbocycles. The molecular weight excluding hydrogens is 126 g/mol. The molecule has 0 heterocycles. The molecule has 0 saturated carbocycles. The lowest BCUT2D eigenvalue weighted by Crippen LogP contribution is -2.31. The normalized spacial score (nSPS) is 13.6. The summed E-state index contributed by atoms with van der Waals surface area (Å²) < 4.78 is 0. The van der Waals surface area contributed by atoms with E-state index >= 15 is 0 Å². The van der Waals surface area contributed by atoms with E-state index < -0.39 is 0 Å². The molecule has 0 aliphatic heterocycles. The quantitative estimate of drug-likeness (QED) is 0.565. The fraction of sp³-hybridized carbons (Fsp3) is 1.00. The first-order chi connectivity index (χ1) is 4.66. The lowest BCUT2D eigenvalue weighted by molar-refractivity contribution is 0.483. The molecule has 0 aromatic rings. The lowest BCUT2D eigenvalue weighted by Gasteiger charge is -2.11. The standard InChI is InChI=1S/C7H17N3/c1-6(2)4-9-7(3)5-10-8/h6-9H,4-5H2,1-3H3. The third kappa shape index (κ3) is 5.69. The van der Waals surface area contributed by atoms with Crippen molar-refractivity contribution >= 4 is 0 Å². The Hall–Kier alpha value is -0.440. The maximum absolute atomic E-state index is 6.60. The molecule has 0 aliphatic rings. The molecule has 0 saturated heterocycles. The Morgan fingerprint density at radius 1 is 1.40 bits per heavy atom. The fourth-order valence-corrected chi connectivity index (χ4v) is 0.638. The van der Waals surface area contributed by atoms with Crippen molar-refractivity contribution in [3.05, 3.63) is 0 Å². The highest BCUT2D eigenvalue weighted by molar-refractivity contribution is 4.62. The summed E-state index contributed by atoms with van der Waals surface area (Å²) in [5.74, 6) is 0.674. The van der Waals surface area contributed by atoms with Crippen molar-refractivity contribution in [2.24, 2.45) is 11.0 Å². The molecule has 60 valence electrons. The van der Waals surface area contributed by atoms with Crippen molar-refractivity contribution in [3.63, 3.8) is 0 Å². The van der Waals surface area contributed by atoms with Gasteiger partial charge in [0.25, 0.3) is 0 Å². The van der Waals surface area contributed by atoms with Gasteiger partial charge in [-0.05, 0) is 19.4 Å². The van der Waals surface area contributed by atoms with Gasteiger partial charge in [0, 0.05) is 6.04 Å². The number of rotatable bonds is 5. The van der Waals surface area contributed by atoms with Gasteiger partial charge < -0.3 is 5.32 Å². The summed E-state index contributed by atoms with van der Waals surface area (Å²) in [5.41, 5.74) is 6.60. The second kappa shape index (κ2) is 5.35. The summed E-state index contributed by atoms with van der Waals surface area (Å²) in [6.07, 6.45) is 0. The van der Waals surface area contributed by atoms with Gasteiger partial charge in [0.05, 0.1) is 6.54 Å². The molecule has 2 N–H and O–H groups in total. The molecule has 0 aliphatic carbocycles. The van der Waals surface area contributed by atoms with Crippen LogP contribution in [0.2, 0.25) is 0 Å². The fourth-order valence-electron chi connectivity index (χ4n) is 0.638. The van der Waals surface area contributed by atoms with Crippen LogP contribution < -0.4 is 5.32 Å². The van der Waals surface area contributed by atoms with Gasteiger partial charge in [-0.3, -0.25) is 0 Å². The summed E-state index contributed by atoms with van der Waals surface area (Å²) in [5, 5.41) is 6.57. The Morgan fingerprint density at radius 2 is 2.00 bits per heavy atom. The summed E-state index contributed by atoms with van der Waals surface area (Å²) in [6, 6.07) is 0.347. The Kier molecular flexibility index (Phi) is 5.12. The van der Waals surface area contributed by atoms with E-state index in [1.54, 1.807) is 0 Å². The van der Waals surface area contributed by atoms with Crippen LogP contribution in [0.15, 0.2) is 5.11 Å². The van der Waals surface area contributed by atoms with Gasteiger partial charge in [0.15, 0.2) is 0 Å². The number of nitrogens with one attached hydrogen (secondary N) is 2. The second-order valence-electron chi connectivity index (χ2n) is 3.04. The van der Waals surface area contributed by atoms with Gasteiger partial charge in [-0.25, -0.2) is 5.53 Å². The van der Waals surface area contributed by atoms with Crippen molar-refractivity contribution in [1.82, 2.24) is 5.32 Å². The van der Waals surface area contributed by atoms with Gasteiger partial charge in [-0.1, -0.05) is 13.8 Å². The van der Waals surface area contributed by atoms with E-state index in [1.165, 1.54) is 0 Å². The topological polar surface area (TPSA) is 48.2 Å². The van der Waals surface area contributed by atoms with Crippen LogP contribution in [0.5, 0.6) is 0 Å². The van der Waals surface area contributed by atoms with Gasteiger partial charge >= 0.3 is 0 Å². The summed E-state index contributed by atoms with van der Waals surface area (Å²) in [7, 11) is 0. The van der Waals surface area contributed by atoms with Crippen LogP contribution in [0, 0.1) is 11.4 Å². The maximum atomic E-state index is 6.60. The number of hydrogen-bond acceptors (Lipinski definition) is 3. The molecule has 0 radical (unpaired) electrons. The van der Waals surface area contributed by atoms with Crippen LogP contribution in [0.4, 0.5) is 0 Å². The summed E-state index contributed by atoms with van der Waals surface area (Å²) in [4.78, 5) is 0. The van der Waals surface area contributed by atoms with E-state index in [-0.39, 0.29) is 0 Å². The molecule has 1 unspecified atom stereocenters. The van der Waals surface area contributed by atoms with E-state index in [9.17, 15) is 0 Å². The van der Waals surface area contributed by atoms with Crippen LogP contribution >= 0.6 is 0 Å². The molecule has 3 heteroatoms. The van der Waals surface area contributed by atoms with Crippen LogP contribution in [0.1, 0.15) is 20.8 Å². The van der Waals surface area contributed by atoms with Gasteiger partial charge in [-0.15, -0.1) is 0 Å². The predicted octanol–water partition coefficient (Wildman–Crippen LogP) is 1.65. The molecule has 0 bridgehead atoms. The first kappa shape index (κ1) is 9.56. The zero-order chi connectivity index (χ0) is 7.98. The minimum atomic E-state index is 0.347. The third-order valence-corrected chi connectivity index (χ3v) is 1.24. The molecule has 0 fully saturated rings. The van der Waals surface area contributed by atoms with Gasteiger partial charge in [0.1, 0.15) is 0 Å². The molecule has 3 nitrogen and oxygen atoms in total. The van der Waals surface area contributed by atoms with E-state index in [0.717, 1.165) is 6.54 Å². The third-order valence-electron chi connectivity index (χ3n) is 1.24. The first-order valence-electron chi connectivity index (χ1n) is 3.73. The van der Waals surface area contributed by atoms with E-state index in [0.29, 0.717) is 18.5 Å². The molecule has 10 heavy (non-hydrogen) atoms. The van der Waals surface area contributed by atoms with Crippen molar-refractivity contribution in [2.45, 2.75) is 26.8 Å². The summed E-state index contributed by atoms with van der Waals surface area (Å²) in [6.45, 7) is 7.97. The molecule has 0 amide bonds. The van der Waals surface area contributed by atoms with E-state index in [1.807, 2.05) is 6.92 Å². The minimum absolute atomic E-state index is 0.347. The van der Waals surface area contributed by atoms with Crippen LogP contribution in [-0.4, -0.2) is 19.1 Å². The monoisotopic (exact) mass is 143 g/mol. The first-order valence-corrected chi connectivity index (χ1v) is 3.73. The van der Waals surface area contributed by atoms with Crippen LogP contribution in [-0.2, 0) is 0 Å². The molecule has 0 aromatic heterocycles. The molecule has 0 spiro atoms.